The molecule has 1 aromatic rings. The van der Waals surface area contributed by atoms with E-state index in [2.05, 4.69) is 0 Å². The third kappa shape index (κ3) is 3.94. The van der Waals surface area contributed by atoms with Crippen molar-refractivity contribution in [3.05, 3.63) is 41.6 Å². The van der Waals surface area contributed by atoms with Gasteiger partial charge in [-0.15, -0.1) is 0 Å². The number of aryl methyl sites for hydroxylation is 1. The molecule has 0 radical (unpaired) electrons. The maximum atomic E-state index is 11.8. The van der Waals surface area contributed by atoms with E-state index in [-0.39, 0.29) is 5.97 Å². The lowest BCUT2D eigenvalue weighted by Gasteiger charge is -2.11. The Kier molecular flexibility index (Phi) is 4.76. The Balaban J connectivity index is 3.06. The number of hydrogen-bond donors (Lipinski definition) is 0. The zero-order valence-corrected chi connectivity index (χ0v) is 10.9. The van der Waals surface area contributed by atoms with Gasteiger partial charge in [0, 0.05) is 20.3 Å². The lowest BCUT2D eigenvalue weighted by molar-refractivity contribution is -0.136. The Morgan fingerprint density at radius 1 is 1.29 bits per heavy atom. The second-order valence-electron chi connectivity index (χ2n) is 4.09. The van der Waals surface area contributed by atoms with Crippen LogP contribution in [0.2, 0.25) is 0 Å². The minimum atomic E-state index is -0.287. The molecule has 92 valence electrons. The summed E-state index contributed by atoms with van der Waals surface area (Å²) >= 11 is 0. The molecule has 1 aromatic carbocycles. The molecule has 0 spiro atoms. The summed E-state index contributed by atoms with van der Waals surface area (Å²) in [6.07, 6.45) is 1.78. The Labute approximate surface area is 103 Å². The molecule has 0 unspecified atom stereocenters. The molecule has 0 N–H and O–H groups in total. The van der Waals surface area contributed by atoms with E-state index in [1.807, 2.05) is 50.2 Å². The van der Waals surface area contributed by atoms with Crippen LogP contribution in [0.5, 0.6) is 0 Å². The van der Waals surface area contributed by atoms with Gasteiger partial charge in [0.1, 0.15) is 0 Å². The average Bonchev–Trinajstić information content (AvgIpc) is 2.27. The van der Waals surface area contributed by atoms with Gasteiger partial charge in [-0.2, -0.15) is 0 Å². The predicted molar refractivity (Wildman–Crippen MR) is 69.5 cm³/mol. The van der Waals surface area contributed by atoms with Gasteiger partial charge in [0.2, 0.25) is 0 Å². The number of rotatable bonds is 4. The topological polar surface area (TPSA) is 29.5 Å². The molecule has 0 saturated carbocycles. The van der Waals surface area contributed by atoms with Gasteiger partial charge in [0.15, 0.2) is 0 Å². The monoisotopic (exact) mass is 233 g/mol. The molecule has 0 heterocycles. The van der Waals surface area contributed by atoms with Crippen LogP contribution in [0, 0.1) is 6.92 Å². The van der Waals surface area contributed by atoms with E-state index in [1.165, 1.54) is 5.56 Å². The smallest absolute Gasteiger partial charge is 0.340 e. The number of ether oxygens (including phenoxy) is 1. The maximum absolute atomic E-state index is 11.8. The van der Waals surface area contributed by atoms with Crippen molar-refractivity contribution in [3.63, 3.8) is 0 Å². The van der Waals surface area contributed by atoms with E-state index < -0.39 is 0 Å². The first-order valence-corrected chi connectivity index (χ1v) is 5.67. The highest BCUT2D eigenvalue weighted by Gasteiger charge is 2.13. The molecule has 0 aliphatic rings. The summed E-state index contributed by atoms with van der Waals surface area (Å²) in [4.78, 5) is 13.7. The van der Waals surface area contributed by atoms with E-state index in [1.54, 1.807) is 13.1 Å². The molecule has 0 amide bonds. The highest BCUT2D eigenvalue weighted by molar-refractivity contribution is 6.16. The highest BCUT2D eigenvalue weighted by atomic mass is 16.5. The number of benzene rings is 1. The van der Waals surface area contributed by atoms with Crippen molar-refractivity contribution in [2.45, 2.75) is 13.8 Å². The fraction of sp³-hybridized carbons (Fsp3) is 0.357. The molecule has 17 heavy (non-hydrogen) atoms. The summed E-state index contributed by atoms with van der Waals surface area (Å²) in [5.74, 6) is -0.287. The van der Waals surface area contributed by atoms with E-state index in [9.17, 15) is 4.79 Å². The summed E-state index contributed by atoms with van der Waals surface area (Å²) in [6, 6.07) is 7.83. The van der Waals surface area contributed by atoms with Gasteiger partial charge in [0.05, 0.1) is 12.2 Å². The second kappa shape index (κ2) is 6.09. The first-order valence-electron chi connectivity index (χ1n) is 5.67. The highest BCUT2D eigenvalue weighted by Crippen LogP contribution is 2.17. The van der Waals surface area contributed by atoms with Gasteiger partial charge in [-0.25, -0.2) is 4.79 Å². The van der Waals surface area contributed by atoms with E-state index >= 15 is 0 Å². The number of hydrogen-bond acceptors (Lipinski definition) is 3. The van der Waals surface area contributed by atoms with Gasteiger partial charge < -0.3 is 9.64 Å². The average molecular weight is 233 g/mol. The van der Waals surface area contributed by atoms with E-state index in [4.69, 9.17) is 4.74 Å². The molecule has 0 aliphatic carbocycles. The van der Waals surface area contributed by atoms with Crippen molar-refractivity contribution in [1.29, 1.82) is 0 Å². The molecular weight excluding hydrogens is 214 g/mol. The van der Waals surface area contributed by atoms with Crippen LogP contribution >= 0.6 is 0 Å². The molecule has 0 aromatic heterocycles. The Morgan fingerprint density at radius 3 is 2.35 bits per heavy atom. The Bertz CT molecular complexity index is 405. The van der Waals surface area contributed by atoms with Crippen molar-refractivity contribution in [2.24, 2.45) is 0 Å². The second-order valence-corrected chi connectivity index (χ2v) is 4.09. The van der Waals surface area contributed by atoms with Crippen LogP contribution in [0.3, 0.4) is 0 Å². The number of esters is 1. The van der Waals surface area contributed by atoms with Gasteiger partial charge in [0.25, 0.3) is 0 Å². The van der Waals surface area contributed by atoms with Gasteiger partial charge in [-0.1, -0.05) is 29.8 Å². The van der Waals surface area contributed by atoms with Crippen molar-refractivity contribution in [3.8, 4) is 0 Å². The van der Waals surface area contributed by atoms with Gasteiger partial charge in [-0.3, -0.25) is 0 Å². The maximum Gasteiger partial charge on any atom is 0.340 e. The Morgan fingerprint density at radius 2 is 1.88 bits per heavy atom. The van der Waals surface area contributed by atoms with E-state index in [0.717, 1.165) is 5.56 Å². The quantitative estimate of drug-likeness (QED) is 0.591. The molecule has 3 nitrogen and oxygen atoms in total. The number of nitrogens with zero attached hydrogens (tertiary/aromatic N) is 1. The lowest BCUT2D eigenvalue weighted by Crippen LogP contribution is -2.11. The minimum Gasteiger partial charge on any atom is -0.462 e. The number of carbonyl (C=O) groups excluding carboxylic acids is 1. The van der Waals surface area contributed by atoms with Crippen LogP contribution in [-0.4, -0.2) is 31.6 Å². The molecule has 3 heteroatoms. The van der Waals surface area contributed by atoms with Crippen molar-refractivity contribution < 1.29 is 9.53 Å². The van der Waals surface area contributed by atoms with Crippen molar-refractivity contribution >= 4 is 11.5 Å². The van der Waals surface area contributed by atoms with E-state index in [0.29, 0.717) is 12.2 Å². The summed E-state index contributed by atoms with van der Waals surface area (Å²) in [6.45, 7) is 4.21. The molecule has 0 atom stereocenters. The number of carbonyl (C=O) groups is 1. The molecular formula is C14H19NO2. The Hall–Kier alpha value is -1.77. The molecule has 0 fully saturated rings. The third-order valence-electron chi connectivity index (χ3n) is 2.25. The zero-order valence-electron chi connectivity index (χ0n) is 10.9. The lowest BCUT2D eigenvalue weighted by atomic mass is 10.1. The summed E-state index contributed by atoms with van der Waals surface area (Å²) in [5.41, 5.74) is 2.63. The van der Waals surface area contributed by atoms with Gasteiger partial charge >= 0.3 is 5.97 Å². The molecule has 1 rings (SSSR count). The summed E-state index contributed by atoms with van der Waals surface area (Å²) in [5, 5.41) is 0. The van der Waals surface area contributed by atoms with Gasteiger partial charge in [-0.05, 0) is 19.4 Å². The first kappa shape index (κ1) is 13.3. The van der Waals surface area contributed by atoms with Crippen LogP contribution < -0.4 is 0 Å². The van der Waals surface area contributed by atoms with Crippen LogP contribution in [0.15, 0.2) is 30.5 Å². The summed E-state index contributed by atoms with van der Waals surface area (Å²) < 4.78 is 5.06. The summed E-state index contributed by atoms with van der Waals surface area (Å²) in [7, 11) is 3.76. The standard InChI is InChI=1S/C14H19NO2/c1-5-17-14(16)13(10-15(3)4)12-8-6-11(2)7-9-12/h6-10H,5H2,1-4H3/b13-10+. The fourth-order valence-corrected chi connectivity index (χ4v) is 1.45. The SMILES string of the molecule is CCOC(=O)/C(=C/N(C)C)c1ccc(C)cc1. The van der Waals surface area contributed by atoms with Crippen LogP contribution in [-0.2, 0) is 9.53 Å². The predicted octanol–water partition coefficient (Wildman–Crippen LogP) is 2.46. The zero-order chi connectivity index (χ0) is 12.8. The third-order valence-corrected chi connectivity index (χ3v) is 2.25. The minimum absolute atomic E-state index is 0.287. The normalized spacial score (nSPS) is 11.2. The van der Waals surface area contributed by atoms with Crippen LogP contribution in [0.4, 0.5) is 0 Å². The van der Waals surface area contributed by atoms with Crippen molar-refractivity contribution in [2.75, 3.05) is 20.7 Å². The first-order chi connectivity index (χ1) is 8.04. The van der Waals surface area contributed by atoms with Crippen molar-refractivity contribution in [1.82, 2.24) is 4.90 Å². The fourth-order valence-electron chi connectivity index (χ4n) is 1.45. The molecule has 0 aliphatic heterocycles. The van der Waals surface area contributed by atoms with Crippen LogP contribution in [0.1, 0.15) is 18.1 Å². The molecule has 0 bridgehead atoms. The molecule has 0 saturated heterocycles. The largest absolute Gasteiger partial charge is 0.462 e. The van der Waals surface area contributed by atoms with Crippen LogP contribution in [0.25, 0.3) is 5.57 Å².